The third-order valence-electron chi connectivity index (χ3n) is 4.34. The summed E-state index contributed by atoms with van der Waals surface area (Å²) >= 11 is 12.1. The molecule has 0 spiro atoms. The van der Waals surface area contributed by atoms with Crippen LogP contribution in [0.3, 0.4) is 0 Å². The van der Waals surface area contributed by atoms with E-state index in [1.165, 1.54) is 5.56 Å². The highest BCUT2D eigenvalue weighted by molar-refractivity contribution is 6.42. The summed E-state index contributed by atoms with van der Waals surface area (Å²) in [7, 11) is 0. The molecule has 0 aliphatic carbocycles. The molecule has 2 aromatic carbocycles. The highest BCUT2D eigenvalue weighted by atomic mass is 35.5. The lowest BCUT2D eigenvalue weighted by Gasteiger charge is -2.35. The Hall–Kier alpha value is -1.75. The van der Waals surface area contributed by atoms with Gasteiger partial charge in [0.25, 0.3) is 0 Å². The normalized spacial score (nSPS) is 15.2. The summed E-state index contributed by atoms with van der Waals surface area (Å²) in [6, 6.07) is 13.5. The molecule has 0 atom stereocenters. The Morgan fingerprint density at radius 3 is 2.32 bits per heavy atom. The molecule has 1 amide bonds. The van der Waals surface area contributed by atoms with Crippen LogP contribution >= 0.6 is 23.2 Å². The summed E-state index contributed by atoms with van der Waals surface area (Å²) in [4.78, 5) is 16.6. The first-order valence-corrected chi connectivity index (χ1v) is 9.06. The van der Waals surface area contributed by atoms with Crippen molar-refractivity contribution in [2.45, 2.75) is 6.92 Å². The van der Waals surface area contributed by atoms with Gasteiger partial charge < -0.3 is 10.2 Å². The molecule has 2 aromatic rings. The fourth-order valence-electron chi connectivity index (χ4n) is 2.89. The smallest absolute Gasteiger partial charge is 0.238 e. The Bertz CT molecular complexity index is 741. The zero-order valence-corrected chi connectivity index (χ0v) is 15.6. The quantitative estimate of drug-likeness (QED) is 0.872. The number of anilines is 2. The number of hydrogen-bond donors (Lipinski definition) is 1. The van der Waals surface area contributed by atoms with Gasteiger partial charge in [-0.1, -0.05) is 40.9 Å². The van der Waals surface area contributed by atoms with E-state index in [4.69, 9.17) is 23.2 Å². The van der Waals surface area contributed by atoms with E-state index < -0.39 is 0 Å². The number of piperazine rings is 1. The zero-order chi connectivity index (χ0) is 17.8. The summed E-state index contributed by atoms with van der Waals surface area (Å²) in [6.07, 6.45) is 0. The topological polar surface area (TPSA) is 35.6 Å². The lowest BCUT2D eigenvalue weighted by Crippen LogP contribution is -2.48. The van der Waals surface area contributed by atoms with Crippen LogP contribution in [0, 0.1) is 6.92 Å². The molecule has 1 fully saturated rings. The first-order chi connectivity index (χ1) is 12.0. The minimum absolute atomic E-state index is 0.0202. The summed E-state index contributed by atoms with van der Waals surface area (Å²) in [5.74, 6) is 0.0202. The van der Waals surface area contributed by atoms with Crippen LogP contribution < -0.4 is 10.2 Å². The molecule has 0 unspecified atom stereocenters. The summed E-state index contributed by atoms with van der Waals surface area (Å²) in [5, 5.41) is 4.08. The molecule has 132 valence electrons. The fourth-order valence-corrected chi connectivity index (χ4v) is 3.18. The Balaban J connectivity index is 1.49. The van der Waals surface area contributed by atoms with Crippen molar-refractivity contribution in [2.24, 2.45) is 0 Å². The maximum absolute atomic E-state index is 12.2. The lowest BCUT2D eigenvalue weighted by molar-refractivity contribution is -0.117. The second kappa shape index (κ2) is 8.09. The molecule has 0 aromatic heterocycles. The Kier molecular flexibility index (Phi) is 5.84. The van der Waals surface area contributed by atoms with Gasteiger partial charge in [-0.05, 0) is 37.3 Å². The van der Waals surface area contributed by atoms with Crippen LogP contribution in [-0.4, -0.2) is 43.5 Å². The van der Waals surface area contributed by atoms with Gasteiger partial charge in [0, 0.05) is 37.6 Å². The van der Waals surface area contributed by atoms with Gasteiger partial charge in [-0.25, -0.2) is 0 Å². The fraction of sp³-hybridized carbons (Fsp3) is 0.316. The molecule has 6 heteroatoms. The van der Waals surface area contributed by atoms with Gasteiger partial charge in [0.2, 0.25) is 5.91 Å². The van der Waals surface area contributed by atoms with E-state index in [-0.39, 0.29) is 5.91 Å². The van der Waals surface area contributed by atoms with Crippen LogP contribution in [0.25, 0.3) is 0 Å². The van der Waals surface area contributed by atoms with Crippen molar-refractivity contribution >= 4 is 40.5 Å². The lowest BCUT2D eigenvalue weighted by atomic mass is 10.2. The molecule has 4 nitrogen and oxygen atoms in total. The maximum Gasteiger partial charge on any atom is 0.238 e. The van der Waals surface area contributed by atoms with Gasteiger partial charge in [-0.15, -0.1) is 0 Å². The molecule has 25 heavy (non-hydrogen) atoms. The van der Waals surface area contributed by atoms with Gasteiger partial charge >= 0.3 is 0 Å². The third kappa shape index (κ3) is 4.88. The van der Waals surface area contributed by atoms with Gasteiger partial charge in [0.05, 0.1) is 16.6 Å². The monoisotopic (exact) mass is 377 g/mol. The van der Waals surface area contributed by atoms with Crippen LogP contribution in [0.1, 0.15) is 5.56 Å². The van der Waals surface area contributed by atoms with Gasteiger partial charge in [-0.3, -0.25) is 9.69 Å². The Morgan fingerprint density at radius 1 is 1.00 bits per heavy atom. The number of rotatable bonds is 4. The second-order valence-corrected chi connectivity index (χ2v) is 7.09. The van der Waals surface area contributed by atoms with Gasteiger partial charge in [0.15, 0.2) is 0 Å². The average Bonchev–Trinajstić information content (AvgIpc) is 2.60. The van der Waals surface area contributed by atoms with E-state index in [1.54, 1.807) is 0 Å². The number of carbonyl (C=O) groups is 1. The number of aryl methyl sites for hydroxylation is 1. The summed E-state index contributed by atoms with van der Waals surface area (Å²) in [6.45, 7) is 5.82. The number of carbonyl (C=O) groups excluding carboxylic acids is 1. The number of nitrogens with one attached hydrogen (secondary N) is 1. The number of hydrogen-bond acceptors (Lipinski definition) is 3. The molecular formula is C19H21Cl2N3O. The summed E-state index contributed by atoms with van der Waals surface area (Å²) in [5.41, 5.74) is 3.08. The molecule has 0 saturated carbocycles. The number of benzene rings is 2. The minimum Gasteiger partial charge on any atom is -0.369 e. The van der Waals surface area contributed by atoms with Crippen LogP contribution in [0.15, 0.2) is 42.5 Å². The van der Waals surface area contributed by atoms with Crippen molar-refractivity contribution in [2.75, 3.05) is 42.9 Å². The van der Waals surface area contributed by atoms with Crippen molar-refractivity contribution in [1.29, 1.82) is 0 Å². The molecule has 1 aliphatic rings. The van der Waals surface area contributed by atoms with Crippen molar-refractivity contribution in [3.05, 3.63) is 58.1 Å². The first kappa shape index (κ1) is 18.1. The van der Waals surface area contributed by atoms with Crippen LogP contribution in [0.2, 0.25) is 10.0 Å². The standard InChI is InChI=1S/C19H21Cl2N3O/c1-14-2-4-15(5-3-14)22-19(25)13-23-8-10-24(11-9-23)16-6-7-17(20)18(21)12-16/h2-7,12H,8-11,13H2,1H3,(H,22,25). The molecular weight excluding hydrogens is 357 g/mol. The molecule has 0 radical (unpaired) electrons. The van der Waals surface area contributed by atoms with Crippen molar-refractivity contribution in [3.8, 4) is 0 Å². The summed E-state index contributed by atoms with van der Waals surface area (Å²) < 4.78 is 0. The molecule has 3 rings (SSSR count). The molecule has 1 saturated heterocycles. The largest absolute Gasteiger partial charge is 0.369 e. The van der Waals surface area contributed by atoms with Crippen molar-refractivity contribution in [1.82, 2.24) is 4.90 Å². The van der Waals surface area contributed by atoms with Crippen LogP contribution in [0.5, 0.6) is 0 Å². The number of amides is 1. The van der Waals surface area contributed by atoms with Crippen LogP contribution in [-0.2, 0) is 4.79 Å². The van der Waals surface area contributed by atoms with Crippen molar-refractivity contribution < 1.29 is 4.79 Å². The van der Waals surface area contributed by atoms with Crippen LogP contribution in [0.4, 0.5) is 11.4 Å². The van der Waals surface area contributed by atoms with Gasteiger partial charge in [-0.2, -0.15) is 0 Å². The third-order valence-corrected chi connectivity index (χ3v) is 5.08. The predicted octanol–water partition coefficient (Wildman–Crippen LogP) is 4.06. The Labute approximate surface area is 158 Å². The van der Waals surface area contributed by atoms with E-state index in [9.17, 15) is 4.79 Å². The van der Waals surface area contributed by atoms with Gasteiger partial charge in [0.1, 0.15) is 0 Å². The van der Waals surface area contributed by atoms with E-state index >= 15 is 0 Å². The SMILES string of the molecule is Cc1ccc(NC(=O)CN2CCN(c3ccc(Cl)c(Cl)c3)CC2)cc1. The van der Waals surface area contributed by atoms with Crippen molar-refractivity contribution in [3.63, 3.8) is 0 Å². The minimum atomic E-state index is 0.0202. The molecule has 1 aliphatic heterocycles. The van der Waals surface area contributed by atoms with E-state index in [2.05, 4.69) is 15.1 Å². The maximum atomic E-state index is 12.2. The van der Waals surface area contributed by atoms with E-state index in [0.717, 1.165) is 37.6 Å². The Morgan fingerprint density at radius 2 is 1.68 bits per heavy atom. The second-order valence-electron chi connectivity index (χ2n) is 6.28. The van der Waals surface area contributed by atoms with E-state index in [1.807, 2.05) is 49.4 Å². The molecule has 1 N–H and O–H groups in total. The molecule has 1 heterocycles. The number of halogens is 2. The predicted molar refractivity (Wildman–Crippen MR) is 105 cm³/mol. The first-order valence-electron chi connectivity index (χ1n) is 8.30. The molecule has 0 bridgehead atoms. The number of nitrogens with zero attached hydrogens (tertiary/aromatic N) is 2. The average molecular weight is 378 g/mol. The van der Waals surface area contributed by atoms with E-state index in [0.29, 0.717) is 16.6 Å². The highest BCUT2D eigenvalue weighted by Crippen LogP contribution is 2.27. The highest BCUT2D eigenvalue weighted by Gasteiger charge is 2.19. The zero-order valence-electron chi connectivity index (χ0n) is 14.1.